The molecule has 6 nitrogen and oxygen atoms in total. The molecule has 0 saturated heterocycles. The van der Waals surface area contributed by atoms with Crippen molar-refractivity contribution in [1.29, 1.82) is 0 Å². The minimum atomic E-state index is -1.22. The van der Waals surface area contributed by atoms with Gasteiger partial charge in [-0.15, -0.1) is 0 Å². The van der Waals surface area contributed by atoms with Crippen LogP contribution in [0.3, 0.4) is 0 Å². The van der Waals surface area contributed by atoms with Gasteiger partial charge in [-0.05, 0) is 12.5 Å². The van der Waals surface area contributed by atoms with Gasteiger partial charge < -0.3 is 15.8 Å². The van der Waals surface area contributed by atoms with Crippen LogP contribution < -0.4 is 11.3 Å². The van der Waals surface area contributed by atoms with Crippen LogP contribution in [0.2, 0.25) is 0 Å². The lowest BCUT2D eigenvalue weighted by atomic mass is 10.1. The van der Waals surface area contributed by atoms with Crippen LogP contribution in [0.5, 0.6) is 0 Å². The van der Waals surface area contributed by atoms with Gasteiger partial charge in [0.25, 0.3) is 11.5 Å². The molecule has 0 unspecified atom stereocenters. The van der Waals surface area contributed by atoms with E-state index in [1.165, 1.54) is 6.92 Å². The third-order valence-electron chi connectivity index (χ3n) is 1.83. The van der Waals surface area contributed by atoms with Crippen molar-refractivity contribution in [2.24, 2.45) is 5.73 Å². The SMILES string of the molecule is Cc1c(C(=O)O)c[nH]c(=O)c1C(N)=O. The number of nitrogens with one attached hydrogen (secondary N) is 1. The molecule has 6 heteroatoms. The van der Waals surface area contributed by atoms with E-state index in [1.807, 2.05) is 0 Å². The van der Waals surface area contributed by atoms with Crippen LogP contribution in [-0.4, -0.2) is 22.0 Å². The highest BCUT2D eigenvalue weighted by atomic mass is 16.4. The highest BCUT2D eigenvalue weighted by Gasteiger charge is 2.16. The highest BCUT2D eigenvalue weighted by Crippen LogP contribution is 2.07. The number of amides is 1. The summed E-state index contributed by atoms with van der Waals surface area (Å²) in [6.45, 7) is 1.36. The maximum absolute atomic E-state index is 11.1. The molecule has 0 radical (unpaired) electrons. The Morgan fingerprint density at radius 1 is 1.50 bits per heavy atom. The molecule has 0 aliphatic heterocycles. The quantitative estimate of drug-likeness (QED) is 0.590. The summed E-state index contributed by atoms with van der Waals surface area (Å²) in [7, 11) is 0. The van der Waals surface area contributed by atoms with Crippen molar-refractivity contribution in [2.45, 2.75) is 6.92 Å². The van der Waals surface area contributed by atoms with Gasteiger partial charge >= 0.3 is 5.97 Å². The molecule has 0 saturated carbocycles. The summed E-state index contributed by atoms with van der Waals surface area (Å²) in [4.78, 5) is 34.7. The molecule has 14 heavy (non-hydrogen) atoms. The number of carbonyl (C=O) groups excluding carboxylic acids is 1. The Bertz CT molecular complexity index is 461. The Morgan fingerprint density at radius 3 is 2.50 bits per heavy atom. The van der Waals surface area contributed by atoms with Crippen molar-refractivity contribution in [1.82, 2.24) is 4.98 Å². The average molecular weight is 196 g/mol. The second kappa shape index (κ2) is 3.33. The number of hydrogen-bond acceptors (Lipinski definition) is 3. The maximum Gasteiger partial charge on any atom is 0.337 e. The molecule has 1 rings (SSSR count). The Kier molecular flexibility index (Phi) is 2.37. The van der Waals surface area contributed by atoms with Gasteiger partial charge in [0.1, 0.15) is 5.56 Å². The van der Waals surface area contributed by atoms with Crippen LogP contribution in [0.1, 0.15) is 26.3 Å². The second-order valence-corrected chi connectivity index (χ2v) is 2.70. The predicted molar refractivity (Wildman–Crippen MR) is 47.3 cm³/mol. The zero-order valence-corrected chi connectivity index (χ0v) is 7.33. The van der Waals surface area contributed by atoms with E-state index < -0.39 is 17.4 Å². The van der Waals surface area contributed by atoms with Crippen LogP contribution in [0.4, 0.5) is 0 Å². The first-order valence-corrected chi connectivity index (χ1v) is 3.70. The number of rotatable bonds is 2. The number of nitrogens with two attached hydrogens (primary N) is 1. The molecule has 1 heterocycles. The molecule has 4 N–H and O–H groups in total. The molecule has 0 bridgehead atoms. The Labute approximate surface area is 78.4 Å². The van der Waals surface area contributed by atoms with Crippen molar-refractivity contribution in [3.63, 3.8) is 0 Å². The van der Waals surface area contributed by atoms with Gasteiger partial charge in [0.05, 0.1) is 5.56 Å². The van der Waals surface area contributed by atoms with Gasteiger partial charge in [0.15, 0.2) is 0 Å². The molecule has 1 amide bonds. The number of hydrogen-bond donors (Lipinski definition) is 3. The van der Waals surface area contributed by atoms with Gasteiger partial charge in [0.2, 0.25) is 0 Å². The summed E-state index contributed by atoms with van der Waals surface area (Å²) < 4.78 is 0. The van der Waals surface area contributed by atoms with Crippen molar-refractivity contribution in [3.8, 4) is 0 Å². The van der Waals surface area contributed by atoms with Crippen LogP contribution in [0.25, 0.3) is 0 Å². The minimum absolute atomic E-state index is 0.0775. The number of H-pyrrole nitrogens is 1. The standard InChI is InChI=1S/C8H8N2O4/c1-3-4(8(13)14)2-10-7(12)5(3)6(9)11/h2H,1H3,(H2,9,11)(H,10,12)(H,13,14). The van der Waals surface area contributed by atoms with E-state index in [0.29, 0.717) is 0 Å². The smallest absolute Gasteiger partial charge is 0.337 e. The molecule has 0 aliphatic rings. The first-order valence-electron chi connectivity index (χ1n) is 3.70. The Hall–Kier alpha value is -2.11. The van der Waals surface area contributed by atoms with Crippen LogP contribution in [0.15, 0.2) is 11.0 Å². The maximum atomic E-state index is 11.1. The zero-order valence-electron chi connectivity index (χ0n) is 7.33. The molecule has 0 aromatic carbocycles. The summed E-state index contributed by atoms with van der Waals surface area (Å²) in [6.07, 6.45) is 1.03. The summed E-state index contributed by atoms with van der Waals surface area (Å²) in [5.41, 5.74) is 3.87. The zero-order chi connectivity index (χ0) is 10.9. The lowest BCUT2D eigenvalue weighted by Crippen LogP contribution is -2.26. The number of carbonyl (C=O) groups is 2. The number of aromatic amines is 1. The molecule has 0 fully saturated rings. The minimum Gasteiger partial charge on any atom is -0.478 e. The molecule has 0 spiro atoms. The molecule has 0 aliphatic carbocycles. The average Bonchev–Trinajstić information content (AvgIpc) is 2.02. The van der Waals surface area contributed by atoms with E-state index in [-0.39, 0.29) is 16.7 Å². The number of carboxylic acids is 1. The van der Waals surface area contributed by atoms with Gasteiger partial charge in [-0.1, -0.05) is 0 Å². The first kappa shape index (κ1) is 9.97. The van der Waals surface area contributed by atoms with E-state index in [2.05, 4.69) is 4.98 Å². The summed E-state index contributed by atoms with van der Waals surface area (Å²) >= 11 is 0. The summed E-state index contributed by atoms with van der Waals surface area (Å²) in [5.74, 6) is -2.16. The largest absolute Gasteiger partial charge is 0.478 e. The number of aromatic carboxylic acids is 1. The molecular weight excluding hydrogens is 188 g/mol. The molecule has 74 valence electrons. The normalized spacial score (nSPS) is 9.79. The van der Waals surface area contributed by atoms with Gasteiger partial charge in [-0.25, -0.2) is 4.79 Å². The van der Waals surface area contributed by atoms with Crippen molar-refractivity contribution in [3.05, 3.63) is 33.2 Å². The van der Waals surface area contributed by atoms with E-state index in [0.717, 1.165) is 6.20 Å². The van der Waals surface area contributed by atoms with Crippen molar-refractivity contribution >= 4 is 11.9 Å². The molecule has 0 atom stereocenters. The fourth-order valence-electron chi connectivity index (χ4n) is 1.14. The van der Waals surface area contributed by atoms with Crippen LogP contribution in [-0.2, 0) is 0 Å². The molecular formula is C8H8N2O4. The number of pyridine rings is 1. The van der Waals surface area contributed by atoms with Gasteiger partial charge in [0, 0.05) is 6.20 Å². The van der Waals surface area contributed by atoms with Crippen molar-refractivity contribution < 1.29 is 14.7 Å². The van der Waals surface area contributed by atoms with E-state index >= 15 is 0 Å². The first-order chi connectivity index (χ1) is 6.45. The fourth-order valence-corrected chi connectivity index (χ4v) is 1.14. The third kappa shape index (κ3) is 1.49. The number of aromatic nitrogens is 1. The predicted octanol–water partition coefficient (Wildman–Crippen LogP) is -0.520. The van der Waals surface area contributed by atoms with E-state index in [4.69, 9.17) is 10.8 Å². The number of primary amides is 1. The topological polar surface area (TPSA) is 113 Å². The van der Waals surface area contributed by atoms with E-state index in [1.54, 1.807) is 0 Å². The monoisotopic (exact) mass is 196 g/mol. The van der Waals surface area contributed by atoms with Gasteiger partial charge in [-0.2, -0.15) is 0 Å². The van der Waals surface area contributed by atoms with E-state index in [9.17, 15) is 14.4 Å². The second-order valence-electron chi connectivity index (χ2n) is 2.70. The number of carboxylic acid groups (broad SMARTS) is 1. The highest BCUT2D eigenvalue weighted by molar-refractivity contribution is 5.98. The summed E-state index contributed by atoms with van der Waals surface area (Å²) in [5, 5.41) is 8.69. The summed E-state index contributed by atoms with van der Waals surface area (Å²) in [6, 6.07) is 0. The Morgan fingerprint density at radius 2 is 2.07 bits per heavy atom. The fraction of sp³-hybridized carbons (Fsp3) is 0.125. The van der Waals surface area contributed by atoms with Crippen LogP contribution in [0, 0.1) is 6.92 Å². The lowest BCUT2D eigenvalue weighted by Gasteiger charge is -2.03. The Balaban J connectivity index is 3.57. The molecule has 1 aromatic heterocycles. The van der Waals surface area contributed by atoms with Gasteiger partial charge in [-0.3, -0.25) is 9.59 Å². The van der Waals surface area contributed by atoms with Crippen LogP contribution >= 0.6 is 0 Å². The lowest BCUT2D eigenvalue weighted by molar-refractivity contribution is 0.0695. The van der Waals surface area contributed by atoms with Crippen molar-refractivity contribution in [2.75, 3.05) is 0 Å². The molecule has 1 aromatic rings. The third-order valence-corrected chi connectivity index (χ3v) is 1.83.